The van der Waals surface area contributed by atoms with Gasteiger partial charge in [0.05, 0.1) is 6.61 Å². The van der Waals surface area contributed by atoms with Crippen molar-refractivity contribution >= 4 is 12.0 Å². The van der Waals surface area contributed by atoms with E-state index < -0.39 is 0 Å². The third kappa shape index (κ3) is 4.75. The quantitative estimate of drug-likeness (QED) is 0.824. The summed E-state index contributed by atoms with van der Waals surface area (Å²) in [6, 6.07) is 12.5. The molecule has 7 heteroatoms. The Hall–Kier alpha value is -3.09. The molecule has 6 nitrogen and oxygen atoms in total. The van der Waals surface area contributed by atoms with E-state index in [2.05, 4.69) is 0 Å². The van der Waals surface area contributed by atoms with Gasteiger partial charge in [0, 0.05) is 31.7 Å². The van der Waals surface area contributed by atoms with Crippen molar-refractivity contribution < 1.29 is 23.5 Å². The molecule has 0 bridgehead atoms. The van der Waals surface area contributed by atoms with Crippen LogP contribution in [-0.2, 0) is 4.74 Å². The summed E-state index contributed by atoms with van der Waals surface area (Å²) in [5, 5.41) is 0. The topological polar surface area (TPSA) is 59.1 Å². The van der Waals surface area contributed by atoms with E-state index in [1.165, 1.54) is 24.3 Å². The highest BCUT2D eigenvalue weighted by molar-refractivity contribution is 5.94. The molecule has 3 rings (SSSR count). The second-order valence-electron chi connectivity index (χ2n) is 6.06. The molecule has 0 saturated carbocycles. The highest BCUT2D eigenvalue weighted by Crippen LogP contribution is 2.22. The fourth-order valence-corrected chi connectivity index (χ4v) is 2.79. The van der Waals surface area contributed by atoms with E-state index in [9.17, 15) is 14.0 Å². The van der Waals surface area contributed by atoms with Crippen molar-refractivity contribution in [1.29, 1.82) is 0 Å². The molecule has 0 aromatic heterocycles. The number of benzene rings is 2. The van der Waals surface area contributed by atoms with Crippen molar-refractivity contribution in [3.8, 4) is 11.5 Å². The van der Waals surface area contributed by atoms with E-state index in [1.54, 1.807) is 41.0 Å². The lowest BCUT2D eigenvalue weighted by atomic mass is 10.1. The average molecular weight is 372 g/mol. The molecule has 2 aromatic rings. The predicted molar refractivity (Wildman–Crippen MR) is 97.4 cm³/mol. The highest BCUT2D eigenvalue weighted by atomic mass is 19.1. The Morgan fingerprint density at radius 1 is 0.889 bits per heavy atom. The number of carbonyl (C=O) groups is 2. The van der Waals surface area contributed by atoms with E-state index in [4.69, 9.17) is 9.47 Å². The first-order chi connectivity index (χ1) is 13.1. The van der Waals surface area contributed by atoms with Crippen molar-refractivity contribution in [1.82, 2.24) is 9.80 Å². The van der Waals surface area contributed by atoms with E-state index in [0.717, 1.165) is 0 Å². The fraction of sp³-hybridized carbons (Fsp3) is 0.300. The molecule has 2 amide bonds. The molecule has 0 radical (unpaired) electrons. The van der Waals surface area contributed by atoms with Crippen LogP contribution in [0.5, 0.6) is 11.5 Å². The van der Waals surface area contributed by atoms with Crippen LogP contribution in [0.15, 0.2) is 48.5 Å². The van der Waals surface area contributed by atoms with E-state index in [-0.39, 0.29) is 17.8 Å². The summed E-state index contributed by atoms with van der Waals surface area (Å²) in [4.78, 5) is 27.7. The van der Waals surface area contributed by atoms with Gasteiger partial charge in [-0.15, -0.1) is 0 Å². The van der Waals surface area contributed by atoms with Crippen LogP contribution in [0.2, 0.25) is 0 Å². The van der Waals surface area contributed by atoms with Crippen LogP contribution in [0.25, 0.3) is 0 Å². The van der Waals surface area contributed by atoms with Crippen LogP contribution in [0, 0.1) is 5.82 Å². The van der Waals surface area contributed by atoms with Crippen molar-refractivity contribution in [2.24, 2.45) is 0 Å². The van der Waals surface area contributed by atoms with Gasteiger partial charge in [0.25, 0.3) is 5.91 Å². The van der Waals surface area contributed by atoms with Gasteiger partial charge in [-0.25, -0.2) is 9.18 Å². The summed E-state index contributed by atoms with van der Waals surface area (Å²) in [5.74, 6) is 0.661. The number of hydrogen-bond donors (Lipinski definition) is 0. The summed E-state index contributed by atoms with van der Waals surface area (Å²) < 4.78 is 23.5. The SMILES string of the molecule is CCOC(=O)N1CCN(C(=O)c2ccc(Oc3ccc(F)cc3)cc2)CC1. The zero-order valence-electron chi connectivity index (χ0n) is 15.1. The predicted octanol–water partition coefficient (Wildman–Crippen LogP) is 3.53. The first-order valence-corrected chi connectivity index (χ1v) is 8.81. The number of hydrogen-bond acceptors (Lipinski definition) is 4. The lowest BCUT2D eigenvalue weighted by molar-refractivity contribution is 0.0570. The largest absolute Gasteiger partial charge is 0.457 e. The first-order valence-electron chi connectivity index (χ1n) is 8.81. The van der Waals surface area contributed by atoms with E-state index in [1.807, 2.05) is 0 Å². The van der Waals surface area contributed by atoms with Gasteiger partial charge in [0.2, 0.25) is 0 Å². The number of halogens is 1. The third-order valence-electron chi connectivity index (χ3n) is 4.24. The van der Waals surface area contributed by atoms with Crippen LogP contribution >= 0.6 is 0 Å². The normalized spacial score (nSPS) is 14.0. The maximum absolute atomic E-state index is 12.9. The standard InChI is InChI=1S/C20H21FN2O4/c1-2-26-20(25)23-13-11-22(12-14-23)19(24)15-3-7-17(8-4-15)27-18-9-5-16(21)6-10-18/h3-10H,2,11-14H2,1H3. The molecule has 0 atom stereocenters. The first kappa shape index (κ1) is 18.7. The molecule has 27 heavy (non-hydrogen) atoms. The second-order valence-corrected chi connectivity index (χ2v) is 6.06. The Kier molecular flexibility index (Phi) is 5.90. The molecule has 0 unspecified atom stereocenters. The molecule has 0 N–H and O–H groups in total. The maximum atomic E-state index is 12.9. The van der Waals surface area contributed by atoms with Gasteiger partial charge < -0.3 is 19.3 Å². The molecule has 1 aliphatic rings. The summed E-state index contributed by atoms with van der Waals surface area (Å²) in [7, 11) is 0. The monoisotopic (exact) mass is 372 g/mol. The van der Waals surface area contributed by atoms with Crippen LogP contribution in [0.3, 0.4) is 0 Å². The lowest BCUT2D eigenvalue weighted by Crippen LogP contribution is -2.50. The van der Waals surface area contributed by atoms with E-state index in [0.29, 0.717) is 49.8 Å². The lowest BCUT2D eigenvalue weighted by Gasteiger charge is -2.34. The van der Waals surface area contributed by atoms with Gasteiger partial charge in [0.15, 0.2) is 0 Å². The number of amides is 2. The van der Waals surface area contributed by atoms with Crippen LogP contribution < -0.4 is 4.74 Å². The van der Waals surface area contributed by atoms with Gasteiger partial charge in [-0.05, 0) is 55.5 Å². The van der Waals surface area contributed by atoms with Crippen molar-refractivity contribution in [2.45, 2.75) is 6.92 Å². The molecule has 1 fully saturated rings. The van der Waals surface area contributed by atoms with Crippen molar-refractivity contribution in [2.75, 3.05) is 32.8 Å². The number of nitrogens with zero attached hydrogens (tertiary/aromatic N) is 2. The maximum Gasteiger partial charge on any atom is 0.409 e. The van der Waals surface area contributed by atoms with E-state index >= 15 is 0 Å². The number of carbonyl (C=O) groups excluding carboxylic acids is 2. The zero-order valence-corrected chi connectivity index (χ0v) is 15.1. The number of ether oxygens (including phenoxy) is 2. The second kappa shape index (κ2) is 8.53. The van der Waals surface area contributed by atoms with Gasteiger partial charge in [-0.3, -0.25) is 4.79 Å². The molecule has 142 valence electrons. The number of rotatable bonds is 4. The summed E-state index contributed by atoms with van der Waals surface area (Å²) in [6.45, 7) is 3.94. The molecular formula is C20H21FN2O4. The van der Waals surface area contributed by atoms with Gasteiger partial charge >= 0.3 is 6.09 Å². The molecule has 2 aromatic carbocycles. The minimum atomic E-state index is -0.341. The zero-order chi connectivity index (χ0) is 19.2. The van der Waals surface area contributed by atoms with Gasteiger partial charge in [-0.2, -0.15) is 0 Å². The minimum Gasteiger partial charge on any atom is -0.457 e. The third-order valence-corrected chi connectivity index (χ3v) is 4.24. The number of piperazine rings is 1. The molecule has 0 aliphatic carbocycles. The summed E-state index contributed by atoms with van der Waals surface area (Å²) in [6.07, 6.45) is -0.341. The van der Waals surface area contributed by atoms with Crippen LogP contribution in [0.1, 0.15) is 17.3 Å². The summed E-state index contributed by atoms with van der Waals surface area (Å²) in [5.41, 5.74) is 0.547. The van der Waals surface area contributed by atoms with Crippen molar-refractivity contribution in [3.05, 3.63) is 59.9 Å². The molecule has 0 spiro atoms. The molecule has 1 saturated heterocycles. The Morgan fingerprint density at radius 2 is 1.41 bits per heavy atom. The Morgan fingerprint density at radius 3 is 1.96 bits per heavy atom. The molecule has 1 aliphatic heterocycles. The van der Waals surface area contributed by atoms with Gasteiger partial charge in [-0.1, -0.05) is 0 Å². The fourth-order valence-electron chi connectivity index (χ4n) is 2.79. The minimum absolute atomic E-state index is 0.0909. The summed E-state index contributed by atoms with van der Waals surface area (Å²) >= 11 is 0. The molecule has 1 heterocycles. The van der Waals surface area contributed by atoms with Crippen molar-refractivity contribution in [3.63, 3.8) is 0 Å². The molecular weight excluding hydrogens is 351 g/mol. The Balaban J connectivity index is 1.56. The Labute approximate surface area is 157 Å². The van der Waals surface area contributed by atoms with Crippen LogP contribution in [0.4, 0.5) is 9.18 Å². The average Bonchev–Trinajstić information content (AvgIpc) is 2.70. The van der Waals surface area contributed by atoms with Crippen LogP contribution in [-0.4, -0.2) is 54.6 Å². The smallest absolute Gasteiger partial charge is 0.409 e. The van der Waals surface area contributed by atoms with Gasteiger partial charge in [0.1, 0.15) is 17.3 Å². The highest BCUT2D eigenvalue weighted by Gasteiger charge is 2.25. The Bertz CT molecular complexity index is 785.